The third-order valence-corrected chi connectivity index (χ3v) is 19.2. The minimum atomic E-state index is 1.33. The van der Waals surface area contributed by atoms with Gasteiger partial charge in [0.05, 0.1) is 0 Å². The molecule has 0 aromatic heterocycles. The average molecular weight is 780 g/mol. The van der Waals surface area contributed by atoms with Gasteiger partial charge in [-0.1, -0.05) is 279 Å². The van der Waals surface area contributed by atoms with E-state index in [2.05, 4.69) is 35.4 Å². The summed E-state index contributed by atoms with van der Waals surface area (Å²) in [6.07, 6.45) is 58.7. The quantitative estimate of drug-likeness (QED) is 0.0444. The number of hydrogen-bond acceptors (Lipinski definition) is 5. The molecule has 0 aliphatic heterocycles. The van der Waals surface area contributed by atoms with Crippen molar-refractivity contribution in [3.8, 4) is 0 Å². The van der Waals surface area contributed by atoms with E-state index in [1.807, 2.05) is 29.5 Å². The molecule has 296 valence electrons. The molecule has 0 saturated heterocycles. The van der Waals surface area contributed by atoms with Crippen molar-refractivity contribution in [1.29, 1.82) is 0 Å². The van der Waals surface area contributed by atoms with Crippen molar-refractivity contribution in [1.82, 2.24) is 0 Å². The van der Waals surface area contributed by atoms with Crippen molar-refractivity contribution in [2.75, 3.05) is 11.5 Å². The van der Waals surface area contributed by atoms with Crippen LogP contribution in [0.2, 0.25) is 0 Å². The molecule has 0 atom stereocenters. The van der Waals surface area contributed by atoms with Crippen LogP contribution in [0.5, 0.6) is 0 Å². The Morgan fingerprint density at radius 1 is 0.184 bits per heavy atom. The Hall–Kier alpha value is 1.75. The predicted octanol–water partition coefficient (Wildman–Crippen LogP) is 20.0. The van der Waals surface area contributed by atoms with Gasteiger partial charge in [-0.2, -0.15) is 0 Å². The van der Waals surface area contributed by atoms with Crippen LogP contribution in [0.15, 0.2) is 0 Å². The lowest BCUT2D eigenvalue weighted by Crippen LogP contribution is -1.84. The van der Waals surface area contributed by atoms with Gasteiger partial charge in [0, 0.05) is 11.5 Å². The van der Waals surface area contributed by atoms with Gasteiger partial charge in [-0.3, -0.25) is 0 Å². The molecule has 0 N–H and O–H groups in total. The van der Waals surface area contributed by atoms with Crippen molar-refractivity contribution in [2.24, 2.45) is 0 Å². The van der Waals surface area contributed by atoms with Crippen LogP contribution in [-0.4, -0.2) is 11.5 Å². The lowest BCUT2D eigenvalue weighted by molar-refractivity contribution is 0.523. The van der Waals surface area contributed by atoms with Crippen molar-refractivity contribution in [3.63, 3.8) is 0 Å². The van der Waals surface area contributed by atoms with Gasteiger partial charge in [-0.05, 0) is 42.3 Å². The number of unbranched alkanes of at least 4 members (excludes halogenated alkanes) is 38. The third-order valence-electron chi connectivity index (χ3n) is 10.3. The molecule has 49 heavy (non-hydrogen) atoms. The third kappa shape index (κ3) is 49.8. The highest BCUT2D eigenvalue weighted by atomic mass is 33.8. The van der Waals surface area contributed by atoms with Crippen LogP contribution in [0.1, 0.15) is 271 Å². The first kappa shape index (κ1) is 50.8. The van der Waals surface area contributed by atoms with Gasteiger partial charge < -0.3 is 0 Å². The van der Waals surface area contributed by atoms with Gasteiger partial charge in [-0.15, -0.1) is 0 Å². The number of hydrogen-bond donors (Lipinski definition) is 0. The molecule has 0 aromatic carbocycles. The molecule has 0 aromatic rings. The first-order chi connectivity index (χ1) is 24.4. The van der Waals surface area contributed by atoms with E-state index in [9.17, 15) is 0 Å². The highest BCUT2D eigenvalue weighted by molar-refractivity contribution is 9.35. The Kier molecular flexibility index (Phi) is 51.5. The average Bonchev–Trinajstić information content (AvgIpc) is 3.11. The largest absolute Gasteiger partial charge is 0.0817 e. The zero-order valence-corrected chi connectivity index (χ0v) is 37.8. The Labute approximate surface area is 331 Å². The lowest BCUT2D eigenvalue weighted by Gasteiger charge is -2.04. The minimum absolute atomic E-state index is 1.33. The van der Waals surface area contributed by atoms with Crippen molar-refractivity contribution < 1.29 is 0 Å². The summed E-state index contributed by atoms with van der Waals surface area (Å²) in [5.74, 6) is 2.67. The van der Waals surface area contributed by atoms with Crippen LogP contribution >= 0.6 is 51.1 Å². The molecule has 0 radical (unpaired) electrons. The van der Waals surface area contributed by atoms with Crippen LogP contribution in [-0.2, 0) is 0 Å². The summed E-state index contributed by atoms with van der Waals surface area (Å²) in [7, 11) is 10.2. The van der Waals surface area contributed by atoms with Gasteiger partial charge in [0.25, 0.3) is 0 Å². The van der Waals surface area contributed by atoms with E-state index in [0.29, 0.717) is 0 Å². The van der Waals surface area contributed by atoms with E-state index in [4.69, 9.17) is 0 Å². The van der Waals surface area contributed by atoms with Crippen LogP contribution in [0.3, 0.4) is 0 Å². The molecule has 0 amide bonds. The summed E-state index contributed by atoms with van der Waals surface area (Å²) >= 11 is 0. The van der Waals surface area contributed by atoms with E-state index < -0.39 is 0 Å². The Morgan fingerprint density at radius 3 is 0.531 bits per heavy atom. The smallest absolute Gasteiger partial charge is 0.00454 e. The summed E-state index contributed by atoms with van der Waals surface area (Å²) in [5, 5.41) is 0. The van der Waals surface area contributed by atoms with E-state index in [0.717, 1.165) is 0 Å². The Balaban J connectivity index is 3.04. The summed E-state index contributed by atoms with van der Waals surface area (Å²) in [5.41, 5.74) is 0. The highest BCUT2D eigenvalue weighted by Crippen LogP contribution is 2.48. The molecule has 0 nitrogen and oxygen atoms in total. The molecule has 0 aliphatic rings. The molecule has 0 spiro atoms. The van der Waals surface area contributed by atoms with Gasteiger partial charge in [-0.25, -0.2) is 0 Å². The molecule has 0 rings (SSSR count). The second kappa shape index (κ2) is 49.8. The van der Waals surface area contributed by atoms with Crippen molar-refractivity contribution >= 4 is 51.1 Å². The van der Waals surface area contributed by atoms with E-state index >= 15 is 0 Å². The van der Waals surface area contributed by atoms with Gasteiger partial charge in [0.15, 0.2) is 0 Å². The monoisotopic (exact) mass is 779 g/mol. The van der Waals surface area contributed by atoms with Gasteiger partial charge in [0.2, 0.25) is 0 Å². The Bertz CT molecular complexity index is 499. The second-order valence-corrected chi connectivity index (χ2v) is 23.3. The predicted molar refractivity (Wildman–Crippen MR) is 244 cm³/mol. The van der Waals surface area contributed by atoms with E-state index in [-0.39, 0.29) is 0 Å². The summed E-state index contributed by atoms with van der Waals surface area (Å²) < 4.78 is 0. The molecule has 5 heteroatoms. The first-order valence-electron chi connectivity index (χ1n) is 22.7. The van der Waals surface area contributed by atoms with Crippen LogP contribution < -0.4 is 0 Å². The minimum Gasteiger partial charge on any atom is -0.0817 e. The van der Waals surface area contributed by atoms with Crippen molar-refractivity contribution in [2.45, 2.75) is 271 Å². The fraction of sp³-hybridized carbons (Fsp3) is 1.00. The number of rotatable bonds is 46. The Morgan fingerprint density at radius 2 is 0.347 bits per heavy atom. The van der Waals surface area contributed by atoms with E-state index in [1.54, 1.807) is 0 Å². The van der Waals surface area contributed by atoms with E-state index in [1.165, 1.54) is 268 Å². The van der Waals surface area contributed by atoms with Crippen molar-refractivity contribution in [3.05, 3.63) is 0 Å². The first-order valence-corrected chi connectivity index (χ1v) is 29.1. The summed E-state index contributed by atoms with van der Waals surface area (Å²) in [4.78, 5) is 0. The highest BCUT2D eigenvalue weighted by Gasteiger charge is 1.99. The molecule has 0 aliphatic carbocycles. The van der Waals surface area contributed by atoms with Crippen LogP contribution in [0.25, 0.3) is 0 Å². The standard InChI is InChI=1S/C44H90S5/c1-3-5-7-9-11-13-15-17-19-21-23-25-27-29-31-33-35-37-39-41-43-45-47-49-48-46-44-42-40-38-36-34-32-30-28-26-24-22-20-18-16-14-12-10-8-6-4-2/h3-44H2,1-2H3. The zero-order chi connectivity index (χ0) is 35.2. The molecule has 0 fully saturated rings. The fourth-order valence-electron chi connectivity index (χ4n) is 6.95. The van der Waals surface area contributed by atoms with Gasteiger partial charge >= 0.3 is 0 Å². The second-order valence-electron chi connectivity index (χ2n) is 15.3. The molecule has 0 unspecified atom stereocenters. The molecule has 0 saturated carbocycles. The summed E-state index contributed by atoms with van der Waals surface area (Å²) in [6, 6.07) is 0. The van der Waals surface area contributed by atoms with Crippen LogP contribution in [0, 0.1) is 0 Å². The van der Waals surface area contributed by atoms with Crippen LogP contribution in [0.4, 0.5) is 0 Å². The normalized spacial score (nSPS) is 11.6. The van der Waals surface area contributed by atoms with Gasteiger partial charge in [0.1, 0.15) is 0 Å². The summed E-state index contributed by atoms with van der Waals surface area (Å²) in [6.45, 7) is 4.62. The molecular formula is C44H90S5. The zero-order valence-electron chi connectivity index (χ0n) is 33.7. The lowest BCUT2D eigenvalue weighted by atomic mass is 10.0. The maximum Gasteiger partial charge on any atom is 0.00454 e. The molecule has 0 heterocycles. The maximum absolute atomic E-state index is 2.31. The SMILES string of the molecule is CCCCCCCCCCCCCCCCCCCCCCSSSSSCCCCCCCCCCCCCCCCCCCCCC. The fourth-order valence-corrected chi connectivity index (χ4v) is 16.0. The molecule has 0 bridgehead atoms. The topological polar surface area (TPSA) is 0 Å². The molecular weight excluding hydrogens is 689 g/mol. The maximum atomic E-state index is 2.31.